The van der Waals surface area contributed by atoms with Gasteiger partial charge in [0.05, 0.1) is 12.1 Å². The van der Waals surface area contributed by atoms with E-state index in [1.54, 1.807) is 0 Å². The molecule has 0 spiro atoms. The molecule has 1 aromatic heterocycles. The third-order valence-electron chi connectivity index (χ3n) is 6.07. The fraction of sp³-hybridized carbons (Fsp3) is 0.385. The number of likely N-dealkylation sites (tertiary alicyclic amines) is 1. The Morgan fingerprint density at radius 1 is 1.09 bits per heavy atom. The fourth-order valence-corrected chi connectivity index (χ4v) is 4.38. The van der Waals surface area contributed by atoms with E-state index in [9.17, 15) is 0 Å². The first kappa shape index (κ1) is 24.5. The molecule has 2 unspecified atom stereocenters. The molecule has 0 saturated carbocycles. The van der Waals surface area contributed by atoms with Crippen LogP contribution in [0.3, 0.4) is 0 Å². The molecule has 1 aliphatic heterocycles. The van der Waals surface area contributed by atoms with Gasteiger partial charge in [-0.15, -0.1) is 24.0 Å². The Hall–Kier alpha value is -2.19. The number of hydrogen-bond acceptors (Lipinski definition) is 3. The maximum atomic E-state index is 4.89. The van der Waals surface area contributed by atoms with Gasteiger partial charge in [-0.05, 0) is 49.9 Å². The second kappa shape index (κ2) is 12.2. The van der Waals surface area contributed by atoms with Crippen LogP contribution in [0.4, 0.5) is 0 Å². The van der Waals surface area contributed by atoms with Crippen molar-refractivity contribution in [2.24, 2.45) is 4.99 Å². The number of nitrogens with one attached hydrogen (secondary N) is 2. The summed E-state index contributed by atoms with van der Waals surface area (Å²) in [4.78, 5) is 11.9. The molecule has 170 valence electrons. The number of nitrogens with zero attached hydrogens (tertiary/aromatic N) is 3. The summed E-state index contributed by atoms with van der Waals surface area (Å²) in [6.45, 7) is 8.07. The normalized spacial score (nSPS) is 19.4. The van der Waals surface area contributed by atoms with Crippen molar-refractivity contribution in [1.29, 1.82) is 0 Å². The average molecular weight is 543 g/mol. The second-order valence-corrected chi connectivity index (χ2v) is 8.35. The minimum Gasteiger partial charge on any atom is -0.357 e. The van der Waals surface area contributed by atoms with Gasteiger partial charge in [-0.25, -0.2) is 4.99 Å². The second-order valence-electron chi connectivity index (χ2n) is 8.35. The Kier molecular flexibility index (Phi) is 9.29. The maximum absolute atomic E-state index is 4.89. The fourth-order valence-electron chi connectivity index (χ4n) is 4.38. The topological polar surface area (TPSA) is 52.6 Å². The van der Waals surface area contributed by atoms with E-state index >= 15 is 0 Å². The van der Waals surface area contributed by atoms with Crippen molar-refractivity contribution in [1.82, 2.24) is 20.5 Å². The molecule has 1 saturated heterocycles. The van der Waals surface area contributed by atoms with Gasteiger partial charge in [-0.1, -0.05) is 48.5 Å². The number of hydrogen-bond donors (Lipinski definition) is 2. The predicted octanol–water partition coefficient (Wildman–Crippen LogP) is 4.96. The first-order valence-corrected chi connectivity index (χ1v) is 11.4. The van der Waals surface area contributed by atoms with Crippen LogP contribution in [0, 0.1) is 0 Å². The van der Waals surface area contributed by atoms with Gasteiger partial charge >= 0.3 is 0 Å². The molecule has 1 fully saturated rings. The molecule has 0 radical (unpaired) electrons. The van der Waals surface area contributed by atoms with Crippen molar-refractivity contribution in [3.8, 4) is 0 Å². The number of benzene rings is 2. The zero-order valence-corrected chi connectivity index (χ0v) is 21.3. The van der Waals surface area contributed by atoms with Crippen LogP contribution in [0.5, 0.6) is 0 Å². The summed E-state index contributed by atoms with van der Waals surface area (Å²) in [7, 11) is 0. The predicted molar refractivity (Wildman–Crippen MR) is 144 cm³/mol. The van der Waals surface area contributed by atoms with E-state index in [1.165, 1.54) is 16.5 Å². The maximum Gasteiger partial charge on any atom is 0.191 e. The van der Waals surface area contributed by atoms with E-state index < -0.39 is 0 Å². The summed E-state index contributed by atoms with van der Waals surface area (Å²) >= 11 is 0. The molecule has 32 heavy (non-hydrogen) atoms. The Bertz CT molecular complexity index is 1000. The van der Waals surface area contributed by atoms with Crippen LogP contribution >= 0.6 is 24.0 Å². The van der Waals surface area contributed by atoms with Gasteiger partial charge in [0, 0.05) is 43.3 Å². The smallest absolute Gasteiger partial charge is 0.191 e. The van der Waals surface area contributed by atoms with E-state index in [4.69, 9.17) is 4.99 Å². The van der Waals surface area contributed by atoms with Gasteiger partial charge < -0.3 is 10.6 Å². The number of fused-ring (bicyclic) bond motifs is 1. The molecular weight excluding hydrogens is 509 g/mol. The average Bonchev–Trinajstić information content (AvgIpc) is 2.80. The largest absolute Gasteiger partial charge is 0.357 e. The van der Waals surface area contributed by atoms with Crippen LogP contribution in [0.2, 0.25) is 0 Å². The Morgan fingerprint density at radius 3 is 2.66 bits per heavy atom. The van der Waals surface area contributed by atoms with Crippen LogP contribution in [0.25, 0.3) is 10.9 Å². The number of halogens is 1. The highest BCUT2D eigenvalue weighted by Gasteiger charge is 2.26. The van der Waals surface area contributed by atoms with Gasteiger partial charge in [0.1, 0.15) is 0 Å². The monoisotopic (exact) mass is 543 g/mol. The SMILES string of the molecule is CCNC(=NCc1ccnc2ccccc12)NC1CCN(Cc2ccccc2)C(C)C1.I. The highest BCUT2D eigenvalue weighted by atomic mass is 127. The molecular formula is C26H34IN5. The van der Waals surface area contributed by atoms with Crippen molar-refractivity contribution < 1.29 is 0 Å². The van der Waals surface area contributed by atoms with Crippen LogP contribution in [0.1, 0.15) is 37.8 Å². The third kappa shape index (κ3) is 6.42. The summed E-state index contributed by atoms with van der Waals surface area (Å²) in [5.41, 5.74) is 3.61. The number of pyridine rings is 1. The van der Waals surface area contributed by atoms with Crippen molar-refractivity contribution in [2.75, 3.05) is 13.1 Å². The Labute approximate surface area is 208 Å². The highest BCUT2D eigenvalue weighted by Crippen LogP contribution is 2.20. The molecule has 2 aromatic carbocycles. The van der Waals surface area contributed by atoms with Crippen molar-refractivity contribution in [3.63, 3.8) is 0 Å². The van der Waals surface area contributed by atoms with Crippen LogP contribution in [-0.4, -0.2) is 41.0 Å². The standard InChI is InChI=1S/C26H33N5.HI/c1-3-27-26(29-18-22-13-15-28-25-12-8-7-11-24(22)25)30-23-14-16-31(20(2)17-23)19-21-9-5-4-6-10-21;/h4-13,15,20,23H,3,14,16-19H2,1-2H3,(H2,27,29,30);1H. The van der Waals surface area contributed by atoms with Crippen LogP contribution < -0.4 is 10.6 Å². The van der Waals surface area contributed by atoms with E-state index in [-0.39, 0.29) is 24.0 Å². The number of piperidine rings is 1. The Balaban J connectivity index is 0.00000289. The van der Waals surface area contributed by atoms with Crippen molar-refractivity contribution in [3.05, 3.63) is 78.0 Å². The zero-order valence-electron chi connectivity index (χ0n) is 19.0. The lowest BCUT2D eigenvalue weighted by Gasteiger charge is -2.38. The molecule has 0 bridgehead atoms. The van der Waals surface area contributed by atoms with Crippen molar-refractivity contribution in [2.45, 2.75) is 51.9 Å². The van der Waals surface area contributed by atoms with E-state index in [0.717, 1.165) is 44.0 Å². The number of para-hydroxylation sites is 1. The van der Waals surface area contributed by atoms with Crippen LogP contribution in [0.15, 0.2) is 71.9 Å². The van der Waals surface area contributed by atoms with Crippen molar-refractivity contribution >= 4 is 40.8 Å². The quantitative estimate of drug-likeness (QED) is 0.262. The summed E-state index contributed by atoms with van der Waals surface area (Å²) in [5.74, 6) is 0.900. The molecule has 1 aliphatic rings. The van der Waals surface area contributed by atoms with E-state index in [1.807, 2.05) is 12.3 Å². The molecule has 0 aliphatic carbocycles. The highest BCUT2D eigenvalue weighted by molar-refractivity contribution is 14.0. The molecule has 4 rings (SSSR count). The summed E-state index contributed by atoms with van der Waals surface area (Å²) < 4.78 is 0. The number of guanidine groups is 1. The summed E-state index contributed by atoms with van der Waals surface area (Å²) in [6.07, 6.45) is 4.12. The third-order valence-corrected chi connectivity index (χ3v) is 6.07. The minimum absolute atomic E-state index is 0. The molecule has 2 heterocycles. The zero-order chi connectivity index (χ0) is 21.5. The molecule has 3 aromatic rings. The van der Waals surface area contributed by atoms with Crippen LogP contribution in [-0.2, 0) is 13.1 Å². The van der Waals surface area contributed by atoms with Gasteiger partial charge in [0.15, 0.2) is 5.96 Å². The lowest BCUT2D eigenvalue weighted by Crippen LogP contribution is -2.51. The lowest BCUT2D eigenvalue weighted by atomic mass is 9.97. The van der Waals surface area contributed by atoms with Gasteiger partial charge in [-0.3, -0.25) is 9.88 Å². The number of aliphatic imine (C=N–C) groups is 1. The first-order valence-electron chi connectivity index (χ1n) is 11.4. The molecule has 6 heteroatoms. The first-order chi connectivity index (χ1) is 15.2. The molecule has 2 N–H and O–H groups in total. The van der Waals surface area contributed by atoms with Gasteiger partial charge in [-0.2, -0.15) is 0 Å². The van der Waals surface area contributed by atoms with E-state index in [0.29, 0.717) is 18.6 Å². The lowest BCUT2D eigenvalue weighted by molar-refractivity contribution is 0.134. The minimum atomic E-state index is 0. The molecule has 2 atom stereocenters. The number of rotatable bonds is 6. The van der Waals surface area contributed by atoms with Gasteiger partial charge in [0.25, 0.3) is 0 Å². The summed E-state index contributed by atoms with van der Waals surface area (Å²) in [6, 6.07) is 22.1. The molecule has 5 nitrogen and oxygen atoms in total. The van der Waals surface area contributed by atoms with E-state index in [2.05, 4.69) is 89.0 Å². The molecule has 0 amide bonds. The number of aromatic nitrogens is 1. The Morgan fingerprint density at radius 2 is 1.88 bits per heavy atom. The van der Waals surface area contributed by atoms with Gasteiger partial charge in [0.2, 0.25) is 0 Å². The summed E-state index contributed by atoms with van der Waals surface area (Å²) in [5, 5.41) is 8.28.